The lowest BCUT2D eigenvalue weighted by Crippen LogP contribution is -2.16. The average molecular weight is 361 g/mol. The van der Waals surface area contributed by atoms with Crippen LogP contribution in [0.3, 0.4) is 0 Å². The van der Waals surface area contributed by atoms with Gasteiger partial charge in [0.2, 0.25) is 0 Å². The molecule has 0 bridgehead atoms. The smallest absolute Gasteiger partial charge is 0.0165 e. The zero-order valence-electron chi connectivity index (χ0n) is 16.7. The molecule has 0 saturated heterocycles. The Balaban J connectivity index is 1.87. The number of aryl methyl sites for hydroxylation is 1. The summed E-state index contributed by atoms with van der Waals surface area (Å²) in [6.45, 7) is 6.87. The molecule has 0 radical (unpaired) electrons. The molecule has 0 atom stereocenters. The van der Waals surface area contributed by atoms with E-state index >= 15 is 0 Å². The van der Waals surface area contributed by atoms with E-state index in [4.69, 9.17) is 0 Å². The lowest BCUT2D eigenvalue weighted by molar-refractivity contribution is 0.662. The Bertz CT molecular complexity index is 1160. The Kier molecular flexibility index (Phi) is 3.77. The number of hydrogen-bond acceptors (Lipinski definition) is 0. The number of benzene rings is 4. The highest BCUT2D eigenvalue weighted by Gasteiger charge is 2.38. The van der Waals surface area contributed by atoms with Gasteiger partial charge in [-0.25, -0.2) is 0 Å². The highest BCUT2D eigenvalue weighted by atomic mass is 14.4. The molecule has 136 valence electrons. The van der Waals surface area contributed by atoms with Gasteiger partial charge in [-0.1, -0.05) is 110 Å². The third-order valence-electron chi connectivity index (χ3n) is 6.15. The van der Waals surface area contributed by atoms with Crippen LogP contribution in [-0.2, 0) is 5.41 Å². The highest BCUT2D eigenvalue weighted by molar-refractivity contribution is 5.97. The first-order chi connectivity index (χ1) is 13.6. The Hall–Kier alpha value is -3.12. The SMILES string of the molecule is Cc1ccc(-c2ccc(-c3ccccc3)c3c2-c2ccccc2C3(C)C)cc1. The summed E-state index contributed by atoms with van der Waals surface area (Å²) in [4.78, 5) is 0. The van der Waals surface area contributed by atoms with Gasteiger partial charge in [0, 0.05) is 5.41 Å². The van der Waals surface area contributed by atoms with Gasteiger partial charge in [0.1, 0.15) is 0 Å². The molecule has 0 saturated carbocycles. The van der Waals surface area contributed by atoms with Crippen molar-refractivity contribution in [1.29, 1.82) is 0 Å². The Morgan fingerprint density at radius 1 is 0.536 bits per heavy atom. The summed E-state index contributed by atoms with van der Waals surface area (Å²) in [6.07, 6.45) is 0. The first-order valence-electron chi connectivity index (χ1n) is 9.97. The molecular formula is C28H24. The molecule has 0 spiro atoms. The number of rotatable bonds is 2. The van der Waals surface area contributed by atoms with E-state index in [1.165, 1.54) is 50.1 Å². The Morgan fingerprint density at radius 3 is 1.89 bits per heavy atom. The standard InChI is InChI=1S/C28H24/c1-19-13-15-21(16-14-19)22-17-18-23(20-9-5-4-6-10-20)27-26(22)24-11-7-8-12-25(24)28(27,2)3/h4-18H,1-3H3. The van der Waals surface area contributed by atoms with Crippen molar-refractivity contribution < 1.29 is 0 Å². The van der Waals surface area contributed by atoms with Crippen LogP contribution in [0.5, 0.6) is 0 Å². The van der Waals surface area contributed by atoms with Crippen LogP contribution in [-0.4, -0.2) is 0 Å². The van der Waals surface area contributed by atoms with Crippen LogP contribution in [0.15, 0.2) is 91.0 Å². The molecule has 0 amide bonds. The van der Waals surface area contributed by atoms with Gasteiger partial charge in [-0.2, -0.15) is 0 Å². The van der Waals surface area contributed by atoms with Crippen molar-refractivity contribution in [1.82, 2.24) is 0 Å². The predicted molar refractivity (Wildman–Crippen MR) is 120 cm³/mol. The minimum atomic E-state index is -0.0300. The molecule has 0 heterocycles. The molecule has 0 fully saturated rings. The maximum Gasteiger partial charge on any atom is 0.0165 e. The fourth-order valence-corrected chi connectivity index (χ4v) is 4.74. The van der Waals surface area contributed by atoms with E-state index in [0.29, 0.717) is 0 Å². The van der Waals surface area contributed by atoms with E-state index in [2.05, 4.69) is 112 Å². The first-order valence-corrected chi connectivity index (χ1v) is 9.97. The van der Waals surface area contributed by atoms with Gasteiger partial charge in [-0.05, 0) is 51.4 Å². The fraction of sp³-hybridized carbons (Fsp3) is 0.143. The summed E-state index contributed by atoms with van der Waals surface area (Å²) in [5, 5.41) is 0. The predicted octanol–water partition coefficient (Wildman–Crippen LogP) is 7.64. The summed E-state index contributed by atoms with van der Waals surface area (Å²) in [7, 11) is 0. The van der Waals surface area contributed by atoms with E-state index in [1.807, 2.05) is 0 Å². The van der Waals surface area contributed by atoms with Gasteiger partial charge in [-0.3, -0.25) is 0 Å². The van der Waals surface area contributed by atoms with Crippen molar-refractivity contribution in [2.75, 3.05) is 0 Å². The molecule has 0 N–H and O–H groups in total. The minimum Gasteiger partial charge on any atom is -0.0622 e. The van der Waals surface area contributed by atoms with Gasteiger partial charge in [-0.15, -0.1) is 0 Å². The molecule has 4 aromatic carbocycles. The number of hydrogen-bond donors (Lipinski definition) is 0. The Labute approximate surface area is 167 Å². The van der Waals surface area contributed by atoms with E-state index in [0.717, 1.165) is 0 Å². The van der Waals surface area contributed by atoms with Crippen LogP contribution >= 0.6 is 0 Å². The van der Waals surface area contributed by atoms with Crippen molar-refractivity contribution in [3.8, 4) is 33.4 Å². The minimum absolute atomic E-state index is 0.0300. The highest BCUT2D eigenvalue weighted by Crippen LogP contribution is 2.55. The van der Waals surface area contributed by atoms with Crippen LogP contribution in [0.1, 0.15) is 30.5 Å². The molecule has 4 aromatic rings. The summed E-state index contributed by atoms with van der Waals surface area (Å²) < 4.78 is 0. The largest absolute Gasteiger partial charge is 0.0622 e. The third kappa shape index (κ3) is 2.45. The van der Waals surface area contributed by atoms with E-state index in [9.17, 15) is 0 Å². The topological polar surface area (TPSA) is 0 Å². The van der Waals surface area contributed by atoms with Crippen molar-refractivity contribution in [2.24, 2.45) is 0 Å². The van der Waals surface area contributed by atoms with Crippen LogP contribution in [0.4, 0.5) is 0 Å². The van der Waals surface area contributed by atoms with Crippen LogP contribution in [0, 0.1) is 6.92 Å². The van der Waals surface area contributed by atoms with Gasteiger partial charge in [0.25, 0.3) is 0 Å². The molecule has 1 aliphatic rings. The van der Waals surface area contributed by atoms with Gasteiger partial charge in [0.15, 0.2) is 0 Å². The third-order valence-corrected chi connectivity index (χ3v) is 6.15. The maximum absolute atomic E-state index is 2.36. The molecular weight excluding hydrogens is 336 g/mol. The summed E-state index contributed by atoms with van der Waals surface area (Å²) >= 11 is 0. The van der Waals surface area contributed by atoms with Crippen LogP contribution in [0.2, 0.25) is 0 Å². The fourth-order valence-electron chi connectivity index (χ4n) is 4.74. The summed E-state index contributed by atoms with van der Waals surface area (Å²) in [6, 6.07) is 33.2. The van der Waals surface area contributed by atoms with Gasteiger partial charge in [0.05, 0.1) is 0 Å². The zero-order chi connectivity index (χ0) is 19.3. The molecule has 0 aromatic heterocycles. The molecule has 5 rings (SSSR count). The molecule has 0 nitrogen and oxygen atoms in total. The summed E-state index contributed by atoms with van der Waals surface area (Å²) in [5.41, 5.74) is 12.1. The monoisotopic (exact) mass is 360 g/mol. The van der Waals surface area contributed by atoms with Crippen molar-refractivity contribution in [2.45, 2.75) is 26.2 Å². The van der Waals surface area contributed by atoms with Gasteiger partial charge < -0.3 is 0 Å². The second-order valence-electron chi connectivity index (χ2n) is 8.31. The molecule has 1 aliphatic carbocycles. The summed E-state index contributed by atoms with van der Waals surface area (Å²) in [5.74, 6) is 0. The Morgan fingerprint density at radius 2 is 1.14 bits per heavy atom. The maximum atomic E-state index is 2.36. The second kappa shape index (κ2) is 6.21. The van der Waals surface area contributed by atoms with Crippen molar-refractivity contribution in [3.63, 3.8) is 0 Å². The van der Waals surface area contributed by atoms with E-state index in [1.54, 1.807) is 0 Å². The second-order valence-corrected chi connectivity index (χ2v) is 8.31. The van der Waals surface area contributed by atoms with E-state index in [-0.39, 0.29) is 5.41 Å². The molecule has 0 unspecified atom stereocenters. The lowest BCUT2D eigenvalue weighted by atomic mass is 9.78. The molecule has 0 heteroatoms. The molecule has 0 aliphatic heterocycles. The van der Waals surface area contributed by atoms with Crippen molar-refractivity contribution >= 4 is 0 Å². The van der Waals surface area contributed by atoms with E-state index < -0.39 is 0 Å². The normalized spacial score (nSPS) is 13.8. The van der Waals surface area contributed by atoms with Gasteiger partial charge >= 0.3 is 0 Å². The van der Waals surface area contributed by atoms with Crippen molar-refractivity contribution in [3.05, 3.63) is 108 Å². The average Bonchev–Trinajstić information content (AvgIpc) is 2.97. The zero-order valence-corrected chi connectivity index (χ0v) is 16.7. The lowest BCUT2D eigenvalue weighted by Gasteiger charge is -2.25. The number of fused-ring (bicyclic) bond motifs is 3. The quantitative estimate of drug-likeness (QED) is 0.344. The first kappa shape index (κ1) is 17.0. The van der Waals surface area contributed by atoms with Crippen LogP contribution < -0.4 is 0 Å². The van der Waals surface area contributed by atoms with Crippen LogP contribution in [0.25, 0.3) is 33.4 Å². The molecule has 28 heavy (non-hydrogen) atoms.